The smallest absolute Gasteiger partial charge is 0.260 e. The topological polar surface area (TPSA) is 23.6 Å². The standard InChI is InChI=1S/C19H17F5N2O/c1-11-2-4-12(5-3-11)10-25-6-8-26(9-7-25)19(27)13-14(20)16(22)18(24)17(23)15(13)21/h2-5H,6-10H2,1H3. The molecule has 27 heavy (non-hydrogen) atoms. The zero-order chi connectivity index (χ0) is 19.7. The largest absolute Gasteiger partial charge is 0.336 e. The number of aryl methyl sites for hydroxylation is 1. The molecule has 3 rings (SSSR count). The van der Waals surface area contributed by atoms with Crippen LogP contribution in [0.4, 0.5) is 22.0 Å². The Hall–Kier alpha value is -2.48. The molecular formula is C19H17F5N2O. The first kappa shape index (κ1) is 19.3. The third kappa shape index (κ3) is 3.80. The van der Waals surface area contributed by atoms with E-state index >= 15 is 0 Å². The molecule has 1 saturated heterocycles. The average molecular weight is 384 g/mol. The summed E-state index contributed by atoms with van der Waals surface area (Å²) in [5, 5.41) is 0. The van der Waals surface area contributed by atoms with Gasteiger partial charge in [0.2, 0.25) is 5.82 Å². The molecule has 0 N–H and O–H groups in total. The Kier molecular flexibility index (Phi) is 5.46. The van der Waals surface area contributed by atoms with Crippen molar-refractivity contribution in [3.05, 3.63) is 70.0 Å². The van der Waals surface area contributed by atoms with Crippen LogP contribution in [-0.2, 0) is 6.54 Å². The van der Waals surface area contributed by atoms with E-state index in [0.29, 0.717) is 19.6 Å². The minimum absolute atomic E-state index is 0.129. The predicted molar refractivity (Wildman–Crippen MR) is 88.6 cm³/mol. The van der Waals surface area contributed by atoms with Gasteiger partial charge in [-0.15, -0.1) is 0 Å². The molecule has 0 unspecified atom stereocenters. The highest BCUT2D eigenvalue weighted by atomic mass is 19.2. The van der Waals surface area contributed by atoms with Gasteiger partial charge in [0.15, 0.2) is 23.3 Å². The summed E-state index contributed by atoms with van der Waals surface area (Å²) >= 11 is 0. The molecule has 0 spiro atoms. The Labute approximate surface area is 153 Å². The number of nitrogens with zero attached hydrogens (tertiary/aromatic N) is 2. The van der Waals surface area contributed by atoms with Crippen LogP contribution >= 0.6 is 0 Å². The third-order valence-corrected chi connectivity index (χ3v) is 4.61. The average Bonchev–Trinajstić information content (AvgIpc) is 2.67. The van der Waals surface area contributed by atoms with Crippen molar-refractivity contribution in [3.63, 3.8) is 0 Å². The van der Waals surface area contributed by atoms with Crippen LogP contribution < -0.4 is 0 Å². The minimum atomic E-state index is -2.27. The molecule has 2 aromatic rings. The van der Waals surface area contributed by atoms with E-state index < -0.39 is 40.6 Å². The second-order valence-electron chi connectivity index (χ2n) is 6.50. The first-order valence-electron chi connectivity index (χ1n) is 8.38. The number of carbonyl (C=O) groups excluding carboxylic acids is 1. The molecule has 1 aliphatic rings. The van der Waals surface area contributed by atoms with Gasteiger partial charge in [0.25, 0.3) is 5.91 Å². The van der Waals surface area contributed by atoms with Crippen molar-refractivity contribution in [2.75, 3.05) is 26.2 Å². The number of benzene rings is 2. The zero-order valence-electron chi connectivity index (χ0n) is 14.5. The fourth-order valence-corrected chi connectivity index (χ4v) is 3.01. The molecular weight excluding hydrogens is 367 g/mol. The van der Waals surface area contributed by atoms with Crippen molar-refractivity contribution in [2.24, 2.45) is 0 Å². The maximum atomic E-state index is 13.8. The van der Waals surface area contributed by atoms with Crippen LogP contribution in [0, 0.1) is 36.0 Å². The van der Waals surface area contributed by atoms with E-state index in [-0.39, 0.29) is 13.1 Å². The number of amides is 1. The summed E-state index contributed by atoms with van der Waals surface area (Å²) in [5.41, 5.74) is 0.815. The summed E-state index contributed by atoms with van der Waals surface area (Å²) in [5.74, 6) is -11.9. The van der Waals surface area contributed by atoms with Gasteiger partial charge >= 0.3 is 0 Å². The Morgan fingerprint density at radius 2 is 1.30 bits per heavy atom. The maximum Gasteiger partial charge on any atom is 0.260 e. The van der Waals surface area contributed by atoms with Crippen molar-refractivity contribution >= 4 is 5.91 Å². The Balaban J connectivity index is 1.70. The van der Waals surface area contributed by atoms with Gasteiger partial charge in [0.05, 0.1) is 0 Å². The number of hydrogen-bond acceptors (Lipinski definition) is 2. The molecule has 0 aromatic heterocycles. The van der Waals surface area contributed by atoms with Gasteiger partial charge in [-0.1, -0.05) is 29.8 Å². The van der Waals surface area contributed by atoms with Crippen molar-refractivity contribution in [1.29, 1.82) is 0 Å². The van der Waals surface area contributed by atoms with E-state index in [0.717, 1.165) is 16.0 Å². The van der Waals surface area contributed by atoms with Gasteiger partial charge in [0.1, 0.15) is 5.56 Å². The van der Waals surface area contributed by atoms with E-state index in [1.165, 1.54) is 0 Å². The number of piperazine rings is 1. The van der Waals surface area contributed by atoms with Crippen LogP contribution in [-0.4, -0.2) is 41.9 Å². The molecule has 0 saturated carbocycles. The third-order valence-electron chi connectivity index (χ3n) is 4.61. The Morgan fingerprint density at radius 1 is 0.815 bits per heavy atom. The van der Waals surface area contributed by atoms with Crippen molar-refractivity contribution in [1.82, 2.24) is 9.80 Å². The molecule has 8 heteroatoms. The number of carbonyl (C=O) groups is 1. The van der Waals surface area contributed by atoms with Gasteiger partial charge < -0.3 is 4.90 Å². The van der Waals surface area contributed by atoms with Crippen LogP contribution in [0.3, 0.4) is 0 Å². The van der Waals surface area contributed by atoms with E-state index in [1.54, 1.807) is 0 Å². The number of halogens is 5. The SMILES string of the molecule is Cc1ccc(CN2CCN(C(=O)c3c(F)c(F)c(F)c(F)c3F)CC2)cc1. The molecule has 1 heterocycles. The monoisotopic (exact) mass is 384 g/mol. The van der Waals surface area contributed by atoms with Gasteiger partial charge in [-0.3, -0.25) is 9.69 Å². The molecule has 0 atom stereocenters. The van der Waals surface area contributed by atoms with Crippen molar-refractivity contribution in [3.8, 4) is 0 Å². The molecule has 0 aliphatic carbocycles. The molecule has 3 nitrogen and oxygen atoms in total. The van der Waals surface area contributed by atoms with Crippen molar-refractivity contribution in [2.45, 2.75) is 13.5 Å². The lowest BCUT2D eigenvalue weighted by Crippen LogP contribution is -2.48. The van der Waals surface area contributed by atoms with E-state index in [2.05, 4.69) is 0 Å². The summed E-state index contributed by atoms with van der Waals surface area (Å²) in [6.07, 6.45) is 0. The lowest BCUT2D eigenvalue weighted by molar-refractivity contribution is 0.0615. The van der Waals surface area contributed by atoms with Gasteiger partial charge in [-0.05, 0) is 12.5 Å². The fourth-order valence-electron chi connectivity index (χ4n) is 3.01. The highest BCUT2D eigenvalue weighted by Crippen LogP contribution is 2.24. The molecule has 1 aliphatic heterocycles. The highest BCUT2D eigenvalue weighted by Gasteiger charge is 2.33. The van der Waals surface area contributed by atoms with Crippen LogP contribution in [0.15, 0.2) is 24.3 Å². The summed E-state index contributed by atoms with van der Waals surface area (Å²) in [7, 11) is 0. The minimum Gasteiger partial charge on any atom is -0.336 e. The van der Waals surface area contributed by atoms with Gasteiger partial charge in [-0.2, -0.15) is 0 Å². The highest BCUT2D eigenvalue weighted by molar-refractivity contribution is 5.95. The maximum absolute atomic E-state index is 13.8. The van der Waals surface area contributed by atoms with Crippen LogP contribution in [0.5, 0.6) is 0 Å². The van der Waals surface area contributed by atoms with E-state index in [4.69, 9.17) is 0 Å². The van der Waals surface area contributed by atoms with Crippen LogP contribution in [0.1, 0.15) is 21.5 Å². The fraction of sp³-hybridized carbons (Fsp3) is 0.316. The van der Waals surface area contributed by atoms with E-state index in [9.17, 15) is 26.7 Å². The Bertz CT molecular complexity index is 832. The van der Waals surface area contributed by atoms with Crippen LogP contribution in [0.2, 0.25) is 0 Å². The first-order valence-corrected chi connectivity index (χ1v) is 8.38. The molecule has 1 fully saturated rings. The molecule has 0 radical (unpaired) electrons. The summed E-state index contributed by atoms with van der Waals surface area (Å²) in [6, 6.07) is 7.94. The Morgan fingerprint density at radius 3 is 1.81 bits per heavy atom. The predicted octanol–water partition coefficient (Wildman–Crippen LogP) is 3.65. The first-order chi connectivity index (χ1) is 12.8. The van der Waals surface area contributed by atoms with Crippen LogP contribution in [0.25, 0.3) is 0 Å². The van der Waals surface area contributed by atoms with Crippen molar-refractivity contribution < 1.29 is 26.7 Å². The number of hydrogen-bond donors (Lipinski definition) is 0. The summed E-state index contributed by atoms with van der Waals surface area (Å²) < 4.78 is 67.4. The second-order valence-corrected chi connectivity index (χ2v) is 6.50. The van der Waals surface area contributed by atoms with E-state index in [1.807, 2.05) is 36.1 Å². The quantitative estimate of drug-likeness (QED) is 0.458. The molecule has 2 aromatic carbocycles. The zero-order valence-corrected chi connectivity index (χ0v) is 14.5. The summed E-state index contributed by atoms with van der Waals surface area (Å²) in [6.45, 7) is 3.73. The molecule has 0 bridgehead atoms. The second kappa shape index (κ2) is 7.64. The van der Waals surface area contributed by atoms with Gasteiger partial charge in [0, 0.05) is 32.7 Å². The normalized spacial score (nSPS) is 15.3. The van der Waals surface area contributed by atoms with Gasteiger partial charge in [-0.25, -0.2) is 22.0 Å². The lowest BCUT2D eigenvalue weighted by atomic mass is 10.1. The molecule has 1 amide bonds. The summed E-state index contributed by atoms with van der Waals surface area (Å²) in [4.78, 5) is 15.5. The lowest BCUT2D eigenvalue weighted by Gasteiger charge is -2.35. The molecule has 144 valence electrons. The number of rotatable bonds is 3.